The minimum atomic E-state index is 0.324. The number of aromatic nitrogens is 2. The highest BCUT2D eigenvalue weighted by atomic mass is 16.5. The van der Waals surface area contributed by atoms with Crippen molar-refractivity contribution in [1.82, 2.24) is 15.5 Å². The Morgan fingerprint density at radius 2 is 2.26 bits per heavy atom. The molecule has 2 heterocycles. The highest BCUT2D eigenvalue weighted by Crippen LogP contribution is 2.29. The highest BCUT2D eigenvalue weighted by molar-refractivity contribution is 5.63. The number of benzene rings is 1. The van der Waals surface area contributed by atoms with Crippen LogP contribution in [0.4, 0.5) is 0 Å². The largest absolute Gasteiger partial charge is 0.496 e. The van der Waals surface area contributed by atoms with E-state index in [1.54, 1.807) is 7.11 Å². The summed E-state index contributed by atoms with van der Waals surface area (Å²) in [5.41, 5.74) is 0.865. The zero-order valence-corrected chi connectivity index (χ0v) is 10.9. The summed E-state index contributed by atoms with van der Waals surface area (Å²) < 4.78 is 10.7. The first-order valence-corrected chi connectivity index (χ1v) is 6.56. The third-order valence-corrected chi connectivity index (χ3v) is 3.44. The van der Waals surface area contributed by atoms with Crippen molar-refractivity contribution in [2.45, 2.75) is 18.8 Å². The van der Waals surface area contributed by atoms with Gasteiger partial charge in [-0.25, -0.2) is 0 Å². The number of hydrogen-bond acceptors (Lipinski definition) is 5. The van der Waals surface area contributed by atoms with E-state index in [1.165, 1.54) is 0 Å². The predicted molar refractivity (Wildman–Crippen MR) is 71.1 cm³/mol. The number of nitrogens with one attached hydrogen (secondary N) is 1. The average molecular weight is 259 g/mol. The van der Waals surface area contributed by atoms with E-state index in [4.69, 9.17) is 9.26 Å². The summed E-state index contributed by atoms with van der Waals surface area (Å²) in [6.45, 7) is 1.98. The fourth-order valence-corrected chi connectivity index (χ4v) is 2.40. The number of para-hydroxylation sites is 1. The second-order valence-electron chi connectivity index (χ2n) is 4.70. The molecular formula is C14H17N3O2. The molecule has 5 heteroatoms. The molecule has 5 nitrogen and oxygen atoms in total. The summed E-state index contributed by atoms with van der Waals surface area (Å²) in [6.07, 6.45) is 2.25. The molecule has 0 bridgehead atoms. The average Bonchev–Trinajstić information content (AvgIpc) is 2.98. The lowest BCUT2D eigenvalue weighted by Crippen LogP contribution is -2.28. The molecule has 1 atom stereocenters. The molecule has 0 unspecified atom stereocenters. The van der Waals surface area contributed by atoms with Crippen LogP contribution in [0.2, 0.25) is 0 Å². The van der Waals surface area contributed by atoms with Crippen molar-refractivity contribution in [1.29, 1.82) is 0 Å². The van der Waals surface area contributed by atoms with E-state index >= 15 is 0 Å². The van der Waals surface area contributed by atoms with E-state index in [9.17, 15) is 0 Å². The van der Waals surface area contributed by atoms with Crippen LogP contribution in [-0.4, -0.2) is 30.3 Å². The molecule has 1 aliphatic heterocycles. The quantitative estimate of drug-likeness (QED) is 0.915. The topological polar surface area (TPSA) is 60.2 Å². The van der Waals surface area contributed by atoms with Crippen LogP contribution in [0.5, 0.6) is 5.75 Å². The summed E-state index contributed by atoms with van der Waals surface area (Å²) in [5, 5.41) is 7.43. The molecule has 0 spiro atoms. The number of piperidine rings is 1. The molecular weight excluding hydrogens is 242 g/mol. The van der Waals surface area contributed by atoms with Crippen molar-refractivity contribution in [2.24, 2.45) is 0 Å². The second kappa shape index (κ2) is 5.40. The minimum absolute atomic E-state index is 0.324. The van der Waals surface area contributed by atoms with E-state index in [0.717, 1.165) is 37.2 Å². The molecule has 0 amide bonds. The van der Waals surface area contributed by atoms with Crippen molar-refractivity contribution in [3.8, 4) is 17.1 Å². The zero-order chi connectivity index (χ0) is 13.1. The van der Waals surface area contributed by atoms with Gasteiger partial charge in [0.05, 0.1) is 18.6 Å². The van der Waals surface area contributed by atoms with Gasteiger partial charge in [0.1, 0.15) is 5.75 Å². The van der Waals surface area contributed by atoms with Crippen LogP contribution in [0.1, 0.15) is 24.7 Å². The van der Waals surface area contributed by atoms with Crippen molar-refractivity contribution in [3.63, 3.8) is 0 Å². The lowest BCUT2D eigenvalue weighted by molar-refractivity contribution is 0.322. The van der Waals surface area contributed by atoms with E-state index in [1.807, 2.05) is 24.3 Å². The molecule has 100 valence electrons. The van der Waals surface area contributed by atoms with Crippen LogP contribution in [0.25, 0.3) is 11.4 Å². The van der Waals surface area contributed by atoms with Crippen LogP contribution in [0.3, 0.4) is 0 Å². The lowest BCUT2D eigenvalue weighted by atomic mass is 10.00. The molecule has 2 aromatic rings. The van der Waals surface area contributed by atoms with Crippen LogP contribution in [-0.2, 0) is 0 Å². The van der Waals surface area contributed by atoms with Gasteiger partial charge in [-0.1, -0.05) is 17.3 Å². The van der Waals surface area contributed by atoms with Gasteiger partial charge in [-0.15, -0.1) is 0 Å². The number of ether oxygens (including phenoxy) is 1. The standard InChI is InChI=1S/C14H17N3O2/c1-18-12-7-3-2-6-11(12)13-16-14(19-17-13)10-5-4-8-15-9-10/h2-3,6-7,10,15H,4-5,8-9H2,1H3/t10-/m0/s1. The van der Waals surface area contributed by atoms with E-state index in [0.29, 0.717) is 17.6 Å². The summed E-state index contributed by atoms with van der Waals surface area (Å²) in [6, 6.07) is 7.70. The van der Waals surface area contributed by atoms with Crippen LogP contribution in [0.15, 0.2) is 28.8 Å². The SMILES string of the molecule is COc1ccccc1-c1noc([C@H]2CCCNC2)n1. The molecule has 1 aromatic carbocycles. The molecule has 19 heavy (non-hydrogen) atoms. The van der Waals surface area contributed by atoms with Crippen molar-refractivity contribution in [2.75, 3.05) is 20.2 Å². The van der Waals surface area contributed by atoms with Gasteiger partial charge in [-0.3, -0.25) is 0 Å². The maximum absolute atomic E-state index is 5.40. The smallest absolute Gasteiger partial charge is 0.231 e. The van der Waals surface area contributed by atoms with Crippen LogP contribution in [0, 0.1) is 0 Å². The molecule has 1 aliphatic rings. The predicted octanol–water partition coefficient (Wildman–Crippen LogP) is 2.21. The molecule has 0 saturated carbocycles. The Balaban J connectivity index is 1.88. The Labute approximate surface area is 112 Å². The second-order valence-corrected chi connectivity index (χ2v) is 4.70. The fraction of sp³-hybridized carbons (Fsp3) is 0.429. The van der Waals surface area contributed by atoms with Gasteiger partial charge >= 0.3 is 0 Å². The first-order valence-electron chi connectivity index (χ1n) is 6.56. The van der Waals surface area contributed by atoms with Crippen LogP contribution < -0.4 is 10.1 Å². The van der Waals surface area contributed by atoms with Gasteiger partial charge in [0.15, 0.2) is 0 Å². The number of hydrogen-bond donors (Lipinski definition) is 1. The first-order chi connectivity index (χ1) is 9.38. The van der Waals surface area contributed by atoms with Crippen molar-refractivity contribution in [3.05, 3.63) is 30.2 Å². The Kier molecular flexibility index (Phi) is 3.46. The van der Waals surface area contributed by atoms with Gasteiger partial charge in [0, 0.05) is 6.54 Å². The van der Waals surface area contributed by atoms with Gasteiger partial charge in [0.2, 0.25) is 11.7 Å². The Morgan fingerprint density at radius 1 is 1.37 bits per heavy atom. The van der Waals surface area contributed by atoms with Crippen LogP contribution >= 0.6 is 0 Å². The third-order valence-electron chi connectivity index (χ3n) is 3.44. The molecule has 0 aliphatic carbocycles. The van der Waals surface area contributed by atoms with Gasteiger partial charge < -0.3 is 14.6 Å². The molecule has 1 saturated heterocycles. The monoisotopic (exact) mass is 259 g/mol. The number of nitrogens with zero attached hydrogens (tertiary/aromatic N) is 2. The molecule has 0 radical (unpaired) electrons. The molecule has 3 rings (SSSR count). The normalized spacial score (nSPS) is 19.3. The Bertz CT molecular complexity index is 547. The highest BCUT2D eigenvalue weighted by Gasteiger charge is 2.22. The first kappa shape index (κ1) is 12.2. The summed E-state index contributed by atoms with van der Waals surface area (Å²) in [7, 11) is 1.64. The van der Waals surface area contributed by atoms with Gasteiger partial charge in [-0.2, -0.15) is 4.98 Å². The summed E-state index contributed by atoms with van der Waals surface area (Å²) >= 11 is 0. The Morgan fingerprint density at radius 3 is 3.05 bits per heavy atom. The fourth-order valence-electron chi connectivity index (χ4n) is 2.40. The Hall–Kier alpha value is -1.88. The number of rotatable bonds is 3. The van der Waals surface area contributed by atoms with Crippen molar-refractivity contribution >= 4 is 0 Å². The van der Waals surface area contributed by atoms with Crippen molar-refractivity contribution < 1.29 is 9.26 Å². The maximum Gasteiger partial charge on any atom is 0.231 e. The summed E-state index contributed by atoms with van der Waals surface area (Å²) in [4.78, 5) is 4.51. The van der Waals surface area contributed by atoms with Gasteiger partial charge in [-0.05, 0) is 31.5 Å². The molecule has 1 N–H and O–H groups in total. The third kappa shape index (κ3) is 2.46. The molecule has 1 aromatic heterocycles. The zero-order valence-electron chi connectivity index (χ0n) is 10.9. The number of methoxy groups -OCH3 is 1. The molecule has 1 fully saturated rings. The van der Waals surface area contributed by atoms with E-state index < -0.39 is 0 Å². The van der Waals surface area contributed by atoms with Gasteiger partial charge in [0.25, 0.3) is 0 Å². The van der Waals surface area contributed by atoms with E-state index in [-0.39, 0.29) is 0 Å². The lowest BCUT2D eigenvalue weighted by Gasteiger charge is -2.18. The summed E-state index contributed by atoms with van der Waals surface area (Å²) in [5.74, 6) is 2.40. The maximum atomic E-state index is 5.40. The van der Waals surface area contributed by atoms with E-state index in [2.05, 4.69) is 15.5 Å². The minimum Gasteiger partial charge on any atom is -0.496 e.